The van der Waals surface area contributed by atoms with Gasteiger partial charge in [-0.2, -0.15) is 12.6 Å². The first kappa shape index (κ1) is 13.3. The predicted octanol–water partition coefficient (Wildman–Crippen LogP) is 1.06. The number of amides is 1. The van der Waals surface area contributed by atoms with Crippen molar-refractivity contribution in [2.75, 3.05) is 0 Å². The van der Waals surface area contributed by atoms with Crippen molar-refractivity contribution in [1.29, 1.82) is 0 Å². The van der Waals surface area contributed by atoms with Gasteiger partial charge in [0.15, 0.2) is 0 Å². The minimum atomic E-state index is -1.04. The molecule has 1 amide bonds. The smallest absolute Gasteiger partial charge is 0.327 e. The SMILES string of the molecule is CCC(S)(CC)C(NC(C)=O)C(=O)O. The third-order valence-corrected chi connectivity index (χ3v) is 3.25. The van der Waals surface area contributed by atoms with Crippen LogP contribution < -0.4 is 5.32 Å². The molecule has 0 aliphatic heterocycles. The molecule has 0 aromatic carbocycles. The second-order valence-electron chi connectivity index (χ2n) is 3.28. The molecule has 0 radical (unpaired) electrons. The van der Waals surface area contributed by atoms with Crippen molar-refractivity contribution in [3.05, 3.63) is 0 Å². The Morgan fingerprint density at radius 3 is 2.07 bits per heavy atom. The lowest BCUT2D eigenvalue weighted by Crippen LogP contribution is -2.53. The standard InChI is InChI=1S/C9H17NO3S/c1-4-9(14,5-2)7(8(12)13)10-6(3)11/h7,14H,4-5H2,1-3H3,(H,10,11)(H,12,13). The van der Waals surface area contributed by atoms with Crippen LogP contribution in [0.25, 0.3) is 0 Å². The number of hydrogen-bond acceptors (Lipinski definition) is 3. The Morgan fingerprint density at radius 1 is 1.43 bits per heavy atom. The van der Waals surface area contributed by atoms with Crippen molar-refractivity contribution < 1.29 is 14.7 Å². The van der Waals surface area contributed by atoms with Crippen molar-refractivity contribution in [3.8, 4) is 0 Å². The van der Waals surface area contributed by atoms with Crippen LogP contribution in [0.1, 0.15) is 33.6 Å². The third-order valence-electron chi connectivity index (χ3n) is 2.36. The average molecular weight is 219 g/mol. The van der Waals surface area contributed by atoms with Crippen LogP contribution in [0.3, 0.4) is 0 Å². The number of carboxylic acid groups (broad SMARTS) is 1. The zero-order valence-corrected chi connectivity index (χ0v) is 9.60. The molecule has 0 bridgehead atoms. The van der Waals surface area contributed by atoms with Crippen LogP contribution in [0.4, 0.5) is 0 Å². The summed E-state index contributed by atoms with van der Waals surface area (Å²) in [5.74, 6) is -1.39. The van der Waals surface area contributed by atoms with E-state index in [9.17, 15) is 9.59 Å². The van der Waals surface area contributed by atoms with Crippen LogP contribution in [0.5, 0.6) is 0 Å². The summed E-state index contributed by atoms with van der Waals surface area (Å²) in [7, 11) is 0. The van der Waals surface area contributed by atoms with Crippen LogP contribution in [-0.4, -0.2) is 27.8 Å². The zero-order chi connectivity index (χ0) is 11.4. The van der Waals surface area contributed by atoms with Crippen LogP contribution in [0, 0.1) is 0 Å². The summed E-state index contributed by atoms with van der Waals surface area (Å²) in [5.41, 5.74) is 0. The second-order valence-corrected chi connectivity index (χ2v) is 4.17. The lowest BCUT2D eigenvalue weighted by atomic mass is 9.92. The van der Waals surface area contributed by atoms with E-state index in [0.29, 0.717) is 12.8 Å². The quantitative estimate of drug-likeness (QED) is 0.606. The molecule has 14 heavy (non-hydrogen) atoms. The summed E-state index contributed by atoms with van der Waals surface area (Å²) < 4.78 is -0.683. The fourth-order valence-corrected chi connectivity index (χ4v) is 1.46. The van der Waals surface area contributed by atoms with Gasteiger partial charge in [0.2, 0.25) is 5.91 Å². The van der Waals surface area contributed by atoms with Crippen molar-refractivity contribution >= 4 is 24.5 Å². The second kappa shape index (κ2) is 5.24. The molecule has 0 aliphatic rings. The molecular weight excluding hydrogens is 202 g/mol. The van der Waals surface area contributed by atoms with Crippen molar-refractivity contribution in [3.63, 3.8) is 0 Å². The molecule has 0 heterocycles. The molecule has 5 heteroatoms. The molecule has 0 aliphatic carbocycles. The first-order valence-electron chi connectivity index (χ1n) is 4.59. The molecule has 0 spiro atoms. The lowest BCUT2D eigenvalue weighted by Gasteiger charge is -2.32. The van der Waals surface area contributed by atoms with E-state index in [1.165, 1.54) is 6.92 Å². The Hall–Kier alpha value is -0.710. The van der Waals surface area contributed by atoms with Gasteiger partial charge in [0.1, 0.15) is 6.04 Å². The first-order valence-corrected chi connectivity index (χ1v) is 5.04. The minimum Gasteiger partial charge on any atom is -0.480 e. The van der Waals surface area contributed by atoms with Gasteiger partial charge in [-0.25, -0.2) is 4.79 Å². The van der Waals surface area contributed by atoms with Gasteiger partial charge < -0.3 is 10.4 Å². The Labute approximate surface area is 89.5 Å². The number of carbonyl (C=O) groups is 2. The molecular formula is C9H17NO3S. The fourth-order valence-electron chi connectivity index (χ4n) is 1.29. The van der Waals surface area contributed by atoms with Crippen LogP contribution in [0.15, 0.2) is 0 Å². The maximum atomic E-state index is 10.9. The topological polar surface area (TPSA) is 66.4 Å². The molecule has 0 saturated heterocycles. The first-order chi connectivity index (χ1) is 6.37. The number of rotatable bonds is 5. The van der Waals surface area contributed by atoms with Gasteiger partial charge in [-0.05, 0) is 12.8 Å². The molecule has 2 N–H and O–H groups in total. The lowest BCUT2D eigenvalue weighted by molar-refractivity contribution is -0.142. The molecule has 1 unspecified atom stereocenters. The van der Waals surface area contributed by atoms with Crippen molar-refractivity contribution in [2.45, 2.75) is 44.4 Å². The Bertz CT molecular complexity index is 226. The number of thiol groups is 1. The highest BCUT2D eigenvalue weighted by Crippen LogP contribution is 2.27. The van der Waals surface area contributed by atoms with Gasteiger partial charge in [0.05, 0.1) is 0 Å². The largest absolute Gasteiger partial charge is 0.480 e. The Kier molecular flexibility index (Phi) is 4.97. The molecule has 0 aromatic heterocycles. The highest BCUT2D eigenvalue weighted by atomic mass is 32.1. The van der Waals surface area contributed by atoms with Gasteiger partial charge in [-0.15, -0.1) is 0 Å². The van der Waals surface area contributed by atoms with Gasteiger partial charge in [0.25, 0.3) is 0 Å². The van der Waals surface area contributed by atoms with E-state index in [4.69, 9.17) is 5.11 Å². The van der Waals surface area contributed by atoms with Crippen LogP contribution >= 0.6 is 12.6 Å². The molecule has 0 rings (SSSR count). The molecule has 0 aromatic rings. The van der Waals surface area contributed by atoms with E-state index in [1.807, 2.05) is 13.8 Å². The van der Waals surface area contributed by atoms with Gasteiger partial charge in [-0.3, -0.25) is 4.79 Å². The van der Waals surface area contributed by atoms with Crippen molar-refractivity contribution in [1.82, 2.24) is 5.32 Å². The summed E-state index contributed by atoms with van der Waals surface area (Å²) in [6, 6.07) is -0.932. The van der Waals surface area contributed by atoms with E-state index in [2.05, 4.69) is 17.9 Å². The number of carbonyl (C=O) groups excluding carboxylic acids is 1. The summed E-state index contributed by atoms with van der Waals surface area (Å²) in [6.07, 6.45) is 1.17. The average Bonchev–Trinajstić information content (AvgIpc) is 2.12. The summed E-state index contributed by atoms with van der Waals surface area (Å²) in [6.45, 7) is 5.01. The normalized spacial score (nSPS) is 13.4. The van der Waals surface area contributed by atoms with Gasteiger partial charge >= 0.3 is 5.97 Å². The van der Waals surface area contributed by atoms with E-state index >= 15 is 0 Å². The molecule has 4 nitrogen and oxygen atoms in total. The molecule has 0 saturated carbocycles. The monoisotopic (exact) mass is 219 g/mol. The Balaban J connectivity index is 4.78. The summed E-state index contributed by atoms with van der Waals surface area (Å²) >= 11 is 4.33. The summed E-state index contributed by atoms with van der Waals surface area (Å²) in [4.78, 5) is 21.8. The highest BCUT2D eigenvalue weighted by molar-refractivity contribution is 7.82. The number of aliphatic carboxylic acids is 1. The Morgan fingerprint density at radius 2 is 1.86 bits per heavy atom. The molecule has 0 fully saturated rings. The van der Waals surface area contributed by atoms with Crippen LogP contribution in [-0.2, 0) is 9.59 Å². The van der Waals surface area contributed by atoms with E-state index in [1.54, 1.807) is 0 Å². The minimum absolute atomic E-state index is 0.349. The molecule has 82 valence electrons. The molecule has 1 atom stereocenters. The van der Waals surface area contributed by atoms with Gasteiger partial charge in [-0.1, -0.05) is 13.8 Å². The van der Waals surface area contributed by atoms with Crippen LogP contribution in [0.2, 0.25) is 0 Å². The van der Waals surface area contributed by atoms with Crippen molar-refractivity contribution in [2.24, 2.45) is 0 Å². The van der Waals surface area contributed by atoms with E-state index < -0.39 is 16.8 Å². The van der Waals surface area contributed by atoms with E-state index in [-0.39, 0.29) is 5.91 Å². The van der Waals surface area contributed by atoms with E-state index in [0.717, 1.165) is 0 Å². The highest BCUT2D eigenvalue weighted by Gasteiger charge is 2.38. The zero-order valence-electron chi connectivity index (χ0n) is 8.70. The third kappa shape index (κ3) is 3.21. The number of carboxylic acids is 1. The fraction of sp³-hybridized carbons (Fsp3) is 0.778. The maximum Gasteiger partial charge on any atom is 0.327 e. The number of nitrogens with one attached hydrogen (secondary N) is 1. The van der Waals surface area contributed by atoms with Gasteiger partial charge in [0, 0.05) is 11.7 Å². The maximum absolute atomic E-state index is 10.9. The predicted molar refractivity (Wildman–Crippen MR) is 57.5 cm³/mol. The summed E-state index contributed by atoms with van der Waals surface area (Å²) in [5, 5.41) is 11.4. The number of hydrogen-bond donors (Lipinski definition) is 3.